The van der Waals surface area contributed by atoms with Crippen molar-refractivity contribution < 1.29 is 17.9 Å². The first kappa shape index (κ1) is 11.2. The zero-order chi connectivity index (χ0) is 11.4. The molecule has 1 amide bonds. The Hall–Kier alpha value is -0.330. The van der Waals surface area contributed by atoms with Gasteiger partial charge in [0.1, 0.15) is 0 Å². The average molecular weight is 254 g/mol. The lowest BCUT2D eigenvalue weighted by Gasteiger charge is -2.48. The van der Waals surface area contributed by atoms with Crippen LogP contribution in [-0.2, 0) is 18.8 Å². The molecule has 0 aliphatic carbocycles. The van der Waals surface area contributed by atoms with Gasteiger partial charge in [0.15, 0.2) is 0 Å². The third kappa shape index (κ3) is 1.46. The molecular formula is C8H12ClNO4S. The fourth-order valence-corrected chi connectivity index (χ4v) is 4.23. The lowest BCUT2D eigenvalue weighted by molar-refractivity contribution is -0.148. The standard InChI is InChI=1S/C8H12ClNO4S/c1-5-3-8(6(2)14-5)4-7(11)10(8)15(9,12)13/h5-6H,3-4H2,1-2H3. The van der Waals surface area contributed by atoms with Gasteiger partial charge in [-0.15, -0.1) is 0 Å². The minimum absolute atomic E-state index is 0.0472. The molecule has 15 heavy (non-hydrogen) atoms. The molecule has 0 aromatic heterocycles. The van der Waals surface area contributed by atoms with Crippen LogP contribution in [0.3, 0.4) is 0 Å². The van der Waals surface area contributed by atoms with E-state index in [1.165, 1.54) is 0 Å². The van der Waals surface area contributed by atoms with Gasteiger partial charge in [-0.2, -0.15) is 8.42 Å². The molecule has 3 unspecified atom stereocenters. The zero-order valence-corrected chi connectivity index (χ0v) is 10.0. The molecule has 3 atom stereocenters. The summed E-state index contributed by atoms with van der Waals surface area (Å²) in [5, 5.41) is 0. The molecule has 0 aromatic carbocycles. The summed E-state index contributed by atoms with van der Waals surface area (Å²) in [5.41, 5.74) is -0.739. The summed E-state index contributed by atoms with van der Waals surface area (Å²) in [6, 6.07) is 0. The fraction of sp³-hybridized carbons (Fsp3) is 0.875. The van der Waals surface area contributed by atoms with Gasteiger partial charge >= 0.3 is 9.24 Å². The lowest BCUT2D eigenvalue weighted by Crippen LogP contribution is -2.67. The van der Waals surface area contributed by atoms with Gasteiger partial charge in [-0.05, 0) is 13.8 Å². The summed E-state index contributed by atoms with van der Waals surface area (Å²) >= 11 is 0. The van der Waals surface area contributed by atoms with Crippen molar-refractivity contribution in [3.05, 3.63) is 0 Å². The molecule has 0 bridgehead atoms. The number of ether oxygens (including phenoxy) is 1. The minimum atomic E-state index is -3.99. The topological polar surface area (TPSA) is 63.7 Å². The Morgan fingerprint density at radius 1 is 1.53 bits per heavy atom. The van der Waals surface area contributed by atoms with Gasteiger partial charge in [0.25, 0.3) is 0 Å². The Morgan fingerprint density at radius 2 is 2.13 bits per heavy atom. The highest BCUT2D eigenvalue weighted by molar-refractivity contribution is 8.12. The van der Waals surface area contributed by atoms with Crippen LogP contribution in [0.1, 0.15) is 26.7 Å². The molecule has 2 aliphatic rings. The first-order chi connectivity index (χ1) is 6.77. The summed E-state index contributed by atoms with van der Waals surface area (Å²) in [4.78, 5) is 11.3. The summed E-state index contributed by atoms with van der Waals surface area (Å²) in [6.45, 7) is 3.62. The van der Waals surface area contributed by atoms with E-state index in [-0.39, 0.29) is 18.6 Å². The van der Waals surface area contributed by atoms with Gasteiger partial charge < -0.3 is 4.74 Å². The number of nitrogens with zero attached hydrogens (tertiary/aromatic N) is 1. The van der Waals surface area contributed by atoms with Crippen LogP contribution in [0.2, 0.25) is 0 Å². The number of β-lactam (4-membered cyclic amide) rings is 1. The predicted molar refractivity (Wildman–Crippen MR) is 53.6 cm³/mol. The van der Waals surface area contributed by atoms with E-state index in [4.69, 9.17) is 15.4 Å². The lowest BCUT2D eigenvalue weighted by atomic mass is 9.80. The van der Waals surface area contributed by atoms with Crippen molar-refractivity contribution in [1.29, 1.82) is 0 Å². The van der Waals surface area contributed by atoms with E-state index < -0.39 is 20.7 Å². The molecule has 2 saturated heterocycles. The minimum Gasteiger partial charge on any atom is -0.373 e. The van der Waals surface area contributed by atoms with Gasteiger partial charge in [-0.3, -0.25) is 4.79 Å². The van der Waals surface area contributed by atoms with Crippen molar-refractivity contribution in [1.82, 2.24) is 4.31 Å². The van der Waals surface area contributed by atoms with Crippen LogP contribution in [0, 0.1) is 0 Å². The third-order valence-corrected chi connectivity index (χ3v) is 4.56. The molecule has 0 saturated carbocycles. The molecule has 7 heteroatoms. The Bertz CT molecular complexity index is 409. The van der Waals surface area contributed by atoms with Crippen LogP contribution in [0.5, 0.6) is 0 Å². The average Bonchev–Trinajstić information content (AvgIpc) is 2.23. The number of carbonyl (C=O) groups excluding carboxylic acids is 1. The fourth-order valence-electron chi connectivity index (χ4n) is 2.55. The van der Waals surface area contributed by atoms with E-state index in [2.05, 4.69) is 0 Å². The van der Waals surface area contributed by atoms with Gasteiger partial charge in [-0.25, -0.2) is 4.31 Å². The van der Waals surface area contributed by atoms with Crippen LogP contribution >= 0.6 is 10.7 Å². The Kier molecular flexibility index (Phi) is 2.30. The van der Waals surface area contributed by atoms with Gasteiger partial charge in [-0.1, -0.05) is 0 Å². The normalized spacial score (nSPS) is 41.0. The smallest absolute Gasteiger partial charge is 0.324 e. The van der Waals surface area contributed by atoms with E-state index in [0.717, 1.165) is 4.31 Å². The summed E-state index contributed by atoms with van der Waals surface area (Å²) < 4.78 is 28.8. The molecular weight excluding hydrogens is 242 g/mol. The zero-order valence-electron chi connectivity index (χ0n) is 8.44. The maximum Gasteiger partial charge on any atom is 0.324 e. The molecule has 0 aromatic rings. The number of hydrogen-bond acceptors (Lipinski definition) is 4. The second kappa shape index (κ2) is 3.09. The first-order valence-electron chi connectivity index (χ1n) is 4.71. The SMILES string of the molecule is CC1CC2(CC(=O)N2S(=O)(=O)Cl)C(C)O1. The molecule has 0 radical (unpaired) electrons. The van der Waals surface area contributed by atoms with Crippen LogP contribution in [0.4, 0.5) is 0 Å². The van der Waals surface area contributed by atoms with E-state index in [1.54, 1.807) is 6.92 Å². The second-order valence-corrected chi connectivity index (χ2v) is 6.53. The molecule has 2 heterocycles. The van der Waals surface area contributed by atoms with Crippen molar-refractivity contribution in [3.63, 3.8) is 0 Å². The van der Waals surface area contributed by atoms with Gasteiger partial charge in [0, 0.05) is 17.1 Å². The first-order valence-corrected chi connectivity index (χ1v) is 6.97. The van der Waals surface area contributed by atoms with Crippen molar-refractivity contribution in [2.45, 2.75) is 44.4 Å². The maximum atomic E-state index is 11.3. The van der Waals surface area contributed by atoms with E-state index in [1.807, 2.05) is 6.92 Å². The summed E-state index contributed by atoms with van der Waals surface area (Å²) in [6.07, 6.45) is 0.379. The Labute approximate surface area is 92.9 Å². The molecule has 2 rings (SSSR count). The number of carbonyl (C=O) groups is 1. The Balaban J connectivity index is 2.36. The predicted octanol–water partition coefficient (Wildman–Crippen LogP) is 0.638. The molecule has 2 fully saturated rings. The Morgan fingerprint density at radius 3 is 2.47 bits per heavy atom. The van der Waals surface area contributed by atoms with Crippen molar-refractivity contribution in [2.24, 2.45) is 0 Å². The number of hydrogen-bond donors (Lipinski definition) is 0. The molecule has 86 valence electrons. The summed E-state index contributed by atoms with van der Waals surface area (Å²) in [7, 11) is 1.25. The second-order valence-electron chi connectivity index (χ2n) is 4.17. The maximum absolute atomic E-state index is 11.3. The molecule has 2 aliphatic heterocycles. The van der Waals surface area contributed by atoms with E-state index in [0.29, 0.717) is 6.42 Å². The monoisotopic (exact) mass is 253 g/mol. The summed E-state index contributed by atoms with van der Waals surface area (Å²) in [5.74, 6) is -0.449. The number of rotatable bonds is 1. The third-order valence-electron chi connectivity index (χ3n) is 3.14. The van der Waals surface area contributed by atoms with E-state index >= 15 is 0 Å². The van der Waals surface area contributed by atoms with Crippen LogP contribution < -0.4 is 0 Å². The highest BCUT2D eigenvalue weighted by atomic mass is 35.7. The highest BCUT2D eigenvalue weighted by Gasteiger charge is 2.63. The van der Waals surface area contributed by atoms with Crippen molar-refractivity contribution in [2.75, 3.05) is 0 Å². The molecule has 5 nitrogen and oxygen atoms in total. The molecule has 1 spiro atoms. The molecule has 0 N–H and O–H groups in total. The number of amides is 1. The van der Waals surface area contributed by atoms with Crippen LogP contribution in [-0.4, -0.2) is 36.4 Å². The van der Waals surface area contributed by atoms with Crippen LogP contribution in [0.25, 0.3) is 0 Å². The van der Waals surface area contributed by atoms with Gasteiger partial charge in [0.05, 0.1) is 24.2 Å². The van der Waals surface area contributed by atoms with Gasteiger partial charge in [0.2, 0.25) is 5.91 Å². The number of halogens is 1. The van der Waals surface area contributed by atoms with Crippen molar-refractivity contribution in [3.8, 4) is 0 Å². The van der Waals surface area contributed by atoms with E-state index in [9.17, 15) is 13.2 Å². The van der Waals surface area contributed by atoms with Crippen LogP contribution in [0.15, 0.2) is 0 Å². The van der Waals surface area contributed by atoms with Crippen molar-refractivity contribution >= 4 is 25.8 Å². The quantitative estimate of drug-likeness (QED) is 0.508. The largest absolute Gasteiger partial charge is 0.373 e. The highest BCUT2D eigenvalue weighted by Crippen LogP contribution is 2.47.